The quantitative estimate of drug-likeness (QED) is 0.643. The summed E-state index contributed by atoms with van der Waals surface area (Å²) < 4.78 is 11.8. The van der Waals surface area contributed by atoms with Gasteiger partial charge in [0.15, 0.2) is 6.61 Å². The lowest BCUT2D eigenvalue weighted by Gasteiger charge is -2.14. The maximum atomic E-state index is 12.3. The van der Waals surface area contributed by atoms with Crippen LogP contribution in [0.1, 0.15) is 25.0 Å². The maximum Gasteiger partial charge on any atom is 0.262 e. The lowest BCUT2D eigenvalue weighted by atomic mass is 10.1. The van der Waals surface area contributed by atoms with E-state index < -0.39 is 0 Å². The number of anilines is 2. The van der Waals surface area contributed by atoms with Crippen molar-refractivity contribution in [2.24, 2.45) is 5.92 Å². The summed E-state index contributed by atoms with van der Waals surface area (Å²) in [4.78, 5) is 24.1. The smallest absolute Gasteiger partial charge is 0.262 e. The molecule has 28 heavy (non-hydrogen) atoms. The molecule has 150 valence electrons. The van der Waals surface area contributed by atoms with E-state index in [0.717, 1.165) is 15.6 Å². The molecule has 0 fully saturated rings. The number of nitrogens with one attached hydrogen (secondary N) is 2. The third-order valence-electron chi connectivity index (χ3n) is 3.99. The molecule has 0 saturated carbocycles. The Balaban J connectivity index is 2.03. The highest BCUT2D eigenvalue weighted by Gasteiger charge is 2.13. The molecule has 0 heterocycles. The van der Waals surface area contributed by atoms with Crippen LogP contribution < -0.4 is 20.1 Å². The standard InChI is InChI=1S/C21H25BrN2O4/c1-12(2)21(26)24-17-7-6-15(10-18(17)27-5)23-19(25)11-28-20-14(4)8-13(3)9-16(20)22/h6-10,12H,11H2,1-5H3,(H,23,25)(H,24,26). The van der Waals surface area contributed by atoms with Gasteiger partial charge in [-0.25, -0.2) is 0 Å². The van der Waals surface area contributed by atoms with Crippen molar-refractivity contribution in [1.29, 1.82) is 0 Å². The molecule has 0 spiro atoms. The molecular formula is C21H25BrN2O4. The van der Waals surface area contributed by atoms with Gasteiger partial charge in [0.05, 0.1) is 17.3 Å². The van der Waals surface area contributed by atoms with E-state index in [9.17, 15) is 9.59 Å². The number of hydrogen-bond acceptors (Lipinski definition) is 4. The number of methoxy groups -OCH3 is 1. The lowest BCUT2D eigenvalue weighted by molar-refractivity contribution is -0.119. The first kappa shape index (κ1) is 21.8. The summed E-state index contributed by atoms with van der Waals surface area (Å²) in [7, 11) is 1.51. The molecule has 2 aromatic carbocycles. The third-order valence-corrected chi connectivity index (χ3v) is 4.58. The number of halogens is 1. The summed E-state index contributed by atoms with van der Waals surface area (Å²) in [5.41, 5.74) is 3.16. The van der Waals surface area contributed by atoms with Crippen molar-refractivity contribution in [1.82, 2.24) is 0 Å². The van der Waals surface area contributed by atoms with Crippen LogP contribution in [0.15, 0.2) is 34.8 Å². The van der Waals surface area contributed by atoms with Gasteiger partial charge in [0.1, 0.15) is 11.5 Å². The second-order valence-electron chi connectivity index (χ2n) is 6.79. The number of rotatable bonds is 7. The Morgan fingerprint density at radius 1 is 1.11 bits per heavy atom. The van der Waals surface area contributed by atoms with Gasteiger partial charge in [0.25, 0.3) is 5.91 Å². The van der Waals surface area contributed by atoms with Gasteiger partial charge in [-0.3, -0.25) is 9.59 Å². The van der Waals surface area contributed by atoms with Gasteiger partial charge in [0.2, 0.25) is 5.91 Å². The molecule has 0 aliphatic carbocycles. The van der Waals surface area contributed by atoms with Crippen molar-refractivity contribution in [3.05, 3.63) is 45.9 Å². The molecule has 2 amide bonds. The van der Waals surface area contributed by atoms with Crippen LogP contribution in [-0.4, -0.2) is 25.5 Å². The number of aryl methyl sites for hydroxylation is 2. The van der Waals surface area contributed by atoms with E-state index in [-0.39, 0.29) is 24.3 Å². The number of carbonyl (C=O) groups excluding carboxylic acids is 2. The van der Waals surface area contributed by atoms with Gasteiger partial charge >= 0.3 is 0 Å². The number of hydrogen-bond donors (Lipinski definition) is 2. The molecule has 0 radical (unpaired) electrons. The van der Waals surface area contributed by atoms with E-state index >= 15 is 0 Å². The molecule has 0 saturated heterocycles. The summed E-state index contributed by atoms with van der Waals surface area (Å²) in [6.07, 6.45) is 0. The largest absolute Gasteiger partial charge is 0.494 e. The van der Waals surface area contributed by atoms with E-state index in [1.165, 1.54) is 7.11 Å². The van der Waals surface area contributed by atoms with Crippen molar-refractivity contribution in [3.8, 4) is 11.5 Å². The monoisotopic (exact) mass is 448 g/mol. The zero-order chi connectivity index (χ0) is 20.8. The highest BCUT2D eigenvalue weighted by atomic mass is 79.9. The molecule has 0 aliphatic rings. The Morgan fingerprint density at radius 2 is 1.82 bits per heavy atom. The Kier molecular flexibility index (Phi) is 7.45. The Hall–Kier alpha value is -2.54. The van der Waals surface area contributed by atoms with Crippen molar-refractivity contribution in [3.63, 3.8) is 0 Å². The molecule has 0 aliphatic heterocycles. The van der Waals surface area contributed by atoms with Crippen molar-refractivity contribution in [2.75, 3.05) is 24.4 Å². The molecule has 0 bridgehead atoms. The molecular weight excluding hydrogens is 424 g/mol. The van der Waals surface area contributed by atoms with Crippen LogP contribution in [0, 0.1) is 19.8 Å². The van der Waals surface area contributed by atoms with Crippen molar-refractivity contribution >= 4 is 39.1 Å². The Morgan fingerprint density at radius 3 is 2.43 bits per heavy atom. The van der Waals surface area contributed by atoms with E-state index in [1.807, 2.05) is 39.8 Å². The van der Waals surface area contributed by atoms with Gasteiger partial charge in [-0.2, -0.15) is 0 Å². The highest BCUT2D eigenvalue weighted by molar-refractivity contribution is 9.10. The van der Waals surface area contributed by atoms with E-state index in [2.05, 4.69) is 26.6 Å². The van der Waals surface area contributed by atoms with E-state index in [1.54, 1.807) is 18.2 Å². The third kappa shape index (κ3) is 5.73. The Bertz CT molecular complexity index is 858. The lowest BCUT2D eigenvalue weighted by Crippen LogP contribution is -2.21. The van der Waals surface area contributed by atoms with Crippen molar-refractivity contribution < 1.29 is 19.1 Å². The van der Waals surface area contributed by atoms with Gasteiger partial charge in [-0.15, -0.1) is 0 Å². The molecule has 2 rings (SSSR count). The number of amides is 2. The van der Waals surface area contributed by atoms with Crippen LogP contribution in [0.25, 0.3) is 0 Å². The predicted octanol–water partition coefficient (Wildman–Crippen LogP) is 4.69. The van der Waals surface area contributed by atoms with E-state index in [0.29, 0.717) is 22.9 Å². The van der Waals surface area contributed by atoms with E-state index in [4.69, 9.17) is 9.47 Å². The molecule has 0 aromatic heterocycles. The average molecular weight is 449 g/mol. The van der Waals surface area contributed by atoms with Crippen LogP contribution in [0.4, 0.5) is 11.4 Å². The second kappa shape index (κ2) is 9.59. The van der Waals surface area contributed by atoms with Gasteiger partial charge < -0.3 is 20.1 Å². The summed E-state index contributed by atoms with van der Waals surface area (Å²) >= 11 is 3.46. The first-order valence-electron chi connectivity index (χ1n) is 8.89. The highest BCUT2D eigenvalue weighted by Crippen LogP contribution is 2.31. The molecule has 7 heteroatoms. The van der Waals surface area contributed by atoms with Crippen LogP contribution >= 0.6 is 15.9 Å². The van der Waals surface area contributed by atoms with Crippen LogP contribution in [0.3, 0.4) is 0 Å². The molecule has 2 aromatic rings. The summed E-state index contributed by atoms with van der Waals surface area (Å²) in [6.45, 7) is 7.42. The van der Waals surface area contributed by atoms with Gasteiger partial charge in [-0.1, -0.05) is 19.9 Å². The number of ether oxygens (including phenoxy) is 2. The number of benzene rings is 2. The summed E-state index contributed by atoms with van der Waals surface area (Å²) in [6, 6.07) is 8.98. The first-order valence-corrected chi connectivity index (χ1v) is 9.69. The van der Waals surface area contributed by atoms with Crippen LogP contribution in [0.2, 0.25) is 0 Å². The molecule has 0 unspecified atom stereocenters. The minimum Gasteiger partial charge on any atom is -0.494 e. The second-order valence-corrected chi connectivity index (χ2v) is 7.64. The van der Waals surface area contributed by atoms with Crippen molar-refractivity contribution in [2.45, 2.75) is 27.7 Å². The molecule has 2 N–H and O–H groups in total. The van der Waals surface area contributed by atoms with Crippen LogP contribution in [-0.2, 0) is 9.59 Å². The fourth-order valence-electron chi connectivity index (χ4n) is 2.57. The van der Waals surface area contributed by atoms with Gasteiger partial charge in [-0.05, 0) is 59.1 Å². The first-order chi connectivity index (χ1) is 13.2. The minimum atomic E-state index is -0.298. The fourth-order valence-corrected chi connectivity index (χ4v) is 3.36. The SMILES string of the molecule is COc1cc(NC(=O)COc2c(C)cc(C)cc2Br)ccc1NC(=O)C(C)C. The predicted molar refractivity (Wildman–Crippen MR) is 114 cm³/mol. The molecule has 0 atom stereocenters. The zero-order valence-electron chi connectivity index (χ0n) is 16.7. The average Bonchev–Trinajstić information content (AvgIpc) is 2.61. The van der Waals surface area contributed by atoms with Gasteiger partial charge in [0, 0.05) is 17.7 Å². The Labute approximate surface area is 173 Å². The van der Waals surface area contributed by atoms with Crippen LogP contribution in [0.5, 0.6) is 11.5 Å². The zero-order valence-corrected chi connectivity index (χ0v) is 18.3. The fraction of sp³-hybridized carbons (Fsp3) is 0.333. The topological polar surface area (TPSA) is 76.7 Å². The maximum absolute atomic E-state index is 12.3. The minimum absolute atomic E-state index is 0.109. The number of carbonyl (C=O) groups is 2. The normalized spacial score (nSPS) is 10.5. The summed E-state index contributed by atoms with van der Waals surface area (Å²) in [5, 5.41) is 5.57. The summed E-state index contributed by atoms with van der Waals surface area (Å²) in [5.74, 6) is 0.552. The molecule has 6 nitrogen and oxygen atoms in total.